The van der Waals surface area contributed by atoms with Crippen LogP contribution in [0.15, 0.2) is 48.4 Å². The average Bonchev–Trinajstić information content (AvgIpc) is 2.37. The van der Waals surface area contributed by atoms with E-state index in [9.17, 15) is 12.9 Å². The molecule has 0 saturated heterocycles. The number of rotatable bonds is 4. The van der Waals surface area contributed by atoms with Crippen LogP contribution in [0.1, 0.15) is 0 Å². The molecule has 100 valence electrons. The summed E-state index contributed by atoms with van der Waals surface area (Å²) in [7, 11) is 0. The third kappa shape index (κ3) is 4.26. The monoisotopic (exact) mass is 324 g/mol. The Morgan fingerprint density at radius 3 is 2.30 bits per heavy atom. The van der Waals surface area contributed by atoms with Gasteiger partial charge in [0.25, 0.3) is 0 Å². The Morgan fingerprint density at radius 1 is 1.10 bits per heavy atom. The maximum atomic E-state index is 12.4. The van der Waals surface area contributed by atoms with Crippen molar-refractivity contribution in [3.05, 3.63) is 53.5 Å². The van der Waals surface area contributed by atoms with E-state index in [2.05, 4.69) is 6.58 Å². The zero-order valence-electron chi connectivity index (χ0n) is 10.9. The maximum absolute atomic E-state index is 12.4. The van der Waals surface area contributed by atoms with Gasteiger partial charge in [0.2, 0.25) is 0 Å². The Hall–Kier alpha value is 0.0213. The van der Waals surface area contributed by atoms with Crippen LogP contribution in [0, 0.1) is 0 Å². The van der Waals surface area contributed by atoms with E-state index in [1.54, 1.807) is 36.4 Å². The van der Waals surface area contributed by atoms with Crippen molar-refractivity contribution < 1.29 is 69.1 Å². The molecule has 0 aliphatic heterocycles. The van der Waals surface area contributed by atoms with Gasteiger partial charge in [0.05, 0.1) is 6.61 Å². The van der Waals surface area contributed by atoms with Crippen molar-refractivity contribution in [1.82, 2.24) is 0 Å². The molecule has 7 heteroatoms. The van der Waals surface area contributed by atoms with E-state index < -0.39 is 19.1 Å². The minimum absolute atomic E-state index is 0. The molecule has 0 atom stereocenters. The smallest absolute Gasteiger partial charge is 0.492 e. The van der Waals surface area contributed by atoms with Gasteiger partial charge in [0.15, 0.2) is 0 Å². The van der Waals surface area contributed by atoms with Crippen LogP contribution in [-0.2, 0) is 0 Å². The summed E-state index contributed by atoms with van der Waals surface area (Å²) < 4.78 is 42.4. The molecule has 0 aliphatic rings. The standard InChI is InChI=1S/C13H10BClF3O.K/c1-9(14(16,17)18)8-19-13-7-6-12(15)10-4-2-3-5-11(10)13;/h2-7H,1,8H2;/q-1;+1. The second-order valence-corrected chi connectivity index (χ2v) is 4.52. The normalized spacial score (nSPS) is 11.0. The molecule has 0 N–H and O–H groups in total. The minimum atomic E-state index is -5.07. The third-order valence-corrected chi connectivity index (χ3v) is 3.04. The first kappa shape index (κ1) is 18.1. The first-order chi connectivity index (χ1) is 8.89. The van der Waals surface area contributed by atoms with E-state index in [-0.39, 0.29) is 51.4 Å². The molecule has 0 saturated carbocycles. The summed E-state index contributed by atoms with van der Waals surface area (Å²) in [6.07, 6.45) is 0. The molecule has 2 rings (SSSR count). The van der Waals surface area contributed by atoms with Gasteiger partial charge in [-0.1, -0.05) is 35.9 Å². The number of fused-ring (bicyclic) bond motifs is 1. The van der Waals surface area contributed by atoms with Gasteiger partial charge in [-0.25, -0.2) is 0 Å². The van der Waals surface area contributed by atoms with Crippen LogP contribution in [0.3, 0.4) is 0 Å². The second-order valence-electron chi connectivity index (χ2n) is 4.11. The summed E-state index contributed by atoms with van der Waals surface area (Å²) in [5.74, 6) is 0.362. The number of ether oxygens (including phenoxy) is 1. The Morgan fingerprint density at radius 2 is 1.70 bits per heavy atom. The molecule has 0 fully saturated rings. The van der Waals surface area contributed by atoms with Gasteiger partial charge >= 0.3 is 58.4 Å². The molecule has 2 aromatic carbocycles. The Bertz CT molecular complexity index is 631. The molecule has 0 bridgehead atoms. The van der Waals surface area contributed by atoms with Crippen LogP contribution in [0.2, 0.25) is 5.02 Å². The summed E-state index contributed by atoms with van der Waals surface area (Å²) in [5, 5.41) is 1.95. The fraction of sp³-hybridized carbons (Fsp3) is 0.0769. The first-order valence-electron chi connectivity index (χ1n) is 5.57. The number of benzene rings is 2. The van der Waals surface area contributed by atoms with Crippen molar-refractivity contribution in [1.29, 1.82) is 0 Å². The van der Waals surface area contributed by atoms with Gasteiger partial charge < -0.3 is 17.7 Å². The second kappa shape index (κ2) is 7.33. The topological polar surface area (TPSA) is 9.23 Å². The van der Waals surface area contributed by atoms with Gasteiger partial charge in [-0.3, -0.25) is 0 Å². The molecule has 20 heavy (non-hydrogen) atoms. The molecule has 0 heterocycles. The molecule has 0 radical (unpaired) electrons. The SMILES string of the molecule is C=C(COc1ccc(Cl)c2ccccc12)[B-](F)(F)F.[K+]. The molecule has 0 aliphatic carbocycles. The fourth-order valence-corrected chi connectivity index (χ4v) is 1.85. The summed E-state index contributed by atoms with van der Waals surface area (Å²) in [4.78, 5) is 0. The fourth-order valence-electron chi connectivity index (χ4n) is 1.63. The van der Waals surface area contributed by atoms with Gasteiger partial charge in [0.1, 0.15) is 5.75 Å². The van der Waals surface area contributed by atoms with E-state index in [0.29, 0.717) is 16.2 Å². The molecular formula is C13H10BClF3KO. The number of halogens is 4. The van der Waals surface area contributed by atoms with Crippen molar-refractivity contribution in [2.45, 2.75) is 0 Å². The van der Waals surface area contributed by atoms with E-state index in [1.165, 1.54) is 0 Å². The van der Waals surface area contributed by atoms with Crippen LogP contribution in [0.5, 0.6) is 5.75 Å². The zero-order valence-corrected chi connectivity index (χ0v) is 14.8. The zero-order chi connectivity index (χ0) is 14.0. The summed E-state index contributed by atoms with van der Waals surface area (Å²) in [6.45, 7) is -2.65. The first-order valence-corrected chi connectivity index (χ1v) is 5.95. The van der Waals surface area contributed by atoms with Gasteiger partial charge in [-0.05, 0) is 12.1 Å². The van der Waals surface area contributed by atoms with Crippen molar-refractivity contribution in [3.63, 3.8) is 0 Å². The molecule has 2 aromatic rings. The van der Waals surface area contributed by atoms with Crippen LogP contribution in [0.4, 0.5) is 12.9 Å². The number of hydrogen-bond donors (Lipinski definition) is 0. The van der Waals surface area contributed by atoms with Crippen molar-refractivity contribution in [2.24, 2.45) is 0 Å². The van der Waals surface area contributed by atoms with Crippen molar-refractivity contribution >= 4 is 29.4 Å². The summed E-state index contributed by atoms with van der Waals surface area (Å²) in [5.41, 5.74) is -0.862. The molecule has 1 nitrogen and oxygen atoms in total. The molecule has 0 amide bonds. The summed E-state index contributed by atoms with van der Waals surface area (Å²) in [6, 6.07) is 10.3. The Balaban J connectivity index is 0.00000200. The quantitative estimate of drug-likeness (QED) is 0.780. The van der Waals surface area contributed by atoms with Crippen LogP contribution < -0.4 is 56.1 Å². The van der Waals surface area contributed by atoms with Crippen LogP contribution in [-0.4, -0.2) is 13.6 Å². The van der Waals surface area contributed by atoms with E-state index in [4.69, 9.17) is 16.3 Å². The van der Waals surface area contributed by atoms with Crippen molar-refractivity contribution in [2.75, 3.05) is 6.61 Å². The number of hydrogen-bond acceptors (Lipinski definition) is 1. The Kier molecular flexibility index (Phi) is 6.63. The van der Waals surface area contributed by atoms with Crippen LogP contribution in [0.25, 0.3) is 10.8 Å². The van der Waals surface area contributed by atoms with E-state index in [1.807, 2.05) is 0 Å². The molecular weight excluding hydrogens is 314 g/mol. The molecule has 0 spiro atoms. The van der Waals surface area contributed by atoms with Gasteiger partial charge in [-0.2, -0.15) is 0 Å². The van der Waals surface area contributed by atoms with E-state index >= 15 is 0 Å². The predicted octanol–water partition coefficient (Wildman–Crippen LogP) is 1.82. The minimum Gasteiger partial charge on any atom is -0.492 e. The molecule has 0 aromatic heterocycles. The van der Waals surface area contributed by atoms with Gasteiger partial charge in [0, 0.05) is 15.8 Å². The largest absolute Gasteiger partial charge is 1.00 e. The maximum Gasteiger partial charge on any atom is 1.00 e. The third-order valence-electron chi connectivity index (χ3n) is 2.71. The van der Waals surface area contributed by atoms with Crippen molar-refractivity contribution in [3.8, 4) is 5.75 Å². The average molecular weight is 325 g/mol. The van der Waals surface area contributed by atoms with Gasteiger partial charge in [-0.15, -0.1) is 12.1 Å². The summed E-state index contributed by atoms with van der Waals surface area (Å²) >= 11 is 6.01. The molecule has 0 unspecified atom stereocenters. The Labute approximate surface area is 162 Å². The predicted molar refractivity (Wildman–Crippen MR) is 72.7 cm³/mol. The van der Waals surface area contributed by atoms with Crippen LogP contribution >= 0.6 is 11.6 Å². The van der Waals surface area contributed by atoms with E-state index in [0.717, 1.165) is 5.39 Å².